The molecule has 13 heteroatoms. The molecule has 256 valence electrons. The Morgan fingerprint density at radius 2 is 1.82 bits per heavy atom. The molecule has 0 bridgehead atoms. The molecule has 1 N–H and O–H groups in total. The molecule has 49 heavy (non-hydrogen) atoms. The SMILES string of the molecule is C=CC(=O)N1CC2(CCN(c3nc(N4CC5(CSC5)C4)nc4c(OCC(F)(F)F)c(-c5c(C)ccc6[nH]ncc56)c(C5CC5)cc34)CC2)C1. The van der Waals surface area contributed by atoms with Crippen LogP contribution in [-0.2, 0) is 4.79 Å². The van der Waals surface area contributed by atoms with Crippen molar-refractivity contribution in [2.75, 3.05) is 67.2 Å². The van der Waals surface area contributed by atoms with Crippen LogP contribution in [0.1, 0.15) is 42.7 Å². The van der Waals surface area contributed by atoms with Crippen LogP contribution in [0, 0.1) is 17.8 Å². The monoisotopic (exact) mass is 689 g/mol. The number of carbonyl (C=O) groups excluding carboxylic acids is 1. The smallest absolute Gasteiger partial charge is 0.422 e. The number of carbonyl (C=O) groups is 1. The van der Waals surface area contributed by atoms with Gasteiger partial charge in [0.15, 0.2) is 12.4 Å². The zero-order chi connectivity index (χ0) is 33.7. The van der Waals surface area contributed by atoms with Crippen LogP contribution < -0.4 is 14.5 Å². The summed E-state index contributed by atoms with van der Waals surface area (Å²) in [6.07, 6.45) is 2.27. The van der Waals surface area contributed by atoms with Crippen LogP contribution >= 0.6 is 11.8 Å². The molecule has 0 unspecified atom stereocenters. The highest BCUT2D eigenvalue weighted by molar-refractivity contribution is 8.00. The van der Waals surface area contributed by atoms with E-state index >= 15 is 0 Å². The summed E-state index contributed by atoms with van der Waals surface area (Å²) in [5, 5.41) is 8.88. The predicted octanol–water partition coefficient (Wildman–Crippen LogP) is 6.47. The zero-order valence-electron chi connectivity index (χ0n) is 27.4. The molecule has 4 aliphatic heterocycles. The fraction of sp³-hybridized carbons (Fsp3) is 0.500. The van der Waals surface area contributed by atoms with E-state index in [-0.39, 0.29) is 28.4 Å². The number of hydrogen-bond donors (Lipinski definition) is 1. The van der Waals surface area contributed by atoms with Crippen LogP contribution in [0.5, 0.6) is 5.75 Å². The minimum absolute atomic E-state index is 0.0344. The molecule has 0 atom stereocenters. The van der Waals surface area contributed by atoms with Crippen molar-refractivity contribution in [1.29, 1.82) is 0 Å². The van der Waals surface area contributed by atoms with E-state index in [0.29, 0.717) is 17.0 Å². The number of alkyl halides is 3. The van der Waals surface area contributed by atoms with Crippen LogP contribution in [0.25, 0.3) is 32.9 Å². The molecular formula is C36H38F3N7O2S. The first-order chi connectivity index (χ1) is 23.5. The molecule has 1 amide bonds. The minimum Gasteiger partial charge on any atom is -0.481 e. The van der Waals surface area contributed by atoms with Crippen LogP contribution in [0.2, 0.25) is 0 Å². The average Bonchev–Trinajstić information content (AvgIpc) is 3.76. The number of fused-ring (bicyclic) bond motifs is 2. The number of halogens is 3. The Morgan fingerprint density at radius 1 is 1.06 bits per heavy atom. The second-order valence-electron chi connectivity index (χ2n) is 14.9. The number of H-pyrrole nitrogens is 1. The van der Waals surface area contributed by atoms with Crippen molar-refractivity contribution in [1.82, 2.24) is 25.1 Å². The van der Waals surface area contributed by atoms with Gasteiger partial charge in [0.25, 0.3) is 0 Å². The largest absolute Gasteiger partial charge is 0.481 e. The number of aromatic amines is 1. The number of nitrogens with one attached hydrogen (secondary N) is 1. The number of thioether (sulfide) groups is 1. The Hall–Kier alpha value is -4.00. The third kappa shape index (κ3) is 5.21. The van der Waals surface area contributed by atoms with E-state index in [1.807, 2.05) is 35.7 Å². The van der Waals surface area contributed by atoms with Gasteiger partial charge in [-0.3, -0.25) is 9.89 Å². The van der Waals surface area contributed by atoms with Crippen LogP contribution in [0.4, 0.5) is 24.9 Å². The quantitative estimate of drug-likeness (QED) is 0.221. The molecule has 2 aromatic heterocycles. The summed E-state index contributed by atoms with van der Waals surface area (Å²) in [6.45, 7) is 8.77. The molecule has 1 aliphatic carbocycles. The lowest BCUT2D eigenvalue weighted by Gasteiger charge is -2.55. The summed E-state index contributed by atoms with van der Waals surface area (Å²) in [5.74, 6) is 3.82. The number of aromatic nitrogens is 4. The standard InChI is InChI=1S/C36H38F3N7O2S/c1-3-27(47)45-14-34(15-45)8-10-44(11-9-34)32-24-12-23(22-5-6-22)29(28-21(2)4-7-26-25(28)13-40-43-26)31(48-18-36(37,38)39)30(24)41-33(42-32)46-16-35(17-46)19-49-20-35/h3-4,7,12-13,22H,1,5-6,8-11,14-20H2,2H3,(H,40,43). The van der Waals surface area contributed by atoms with Gasteiger partial charge < -0.3 is 19.4 Å². The van der Waals surface area contributed by atoms with Gasteiger partial charge in [-0.25, -0.2) is 4.98 Å². The average molecular weight is 690 g/mol. The van der Waals surface area contributed by atoms with E-state index in [4.69, 9.17) is 14.7 Å². The number of ether oxygens (including phenoxy) is 1. The molecule has 2 spiro atoms. The van der Waals surface area contributed by atoms with Gasteiger partial charge in [0.2, 0.25) is 11.9 Å². The Morgan fingerprint density at radius 3 is 2.47 bits per heavy atom. The Labute approximate surface area is 286 Å². The van der Waals surface area contributed by atoms with E-state index in [0.717, 1.165) is 115 Å². The maximum atomic E-state index is 14.0. The maximum absolute atomic E-state index is 14.0. The van der Waals surface area contributed by atoms with Gasteiger partial charge >= 0.3 is 6.18 Å². The third-order valence-corrected chi connectivity index (χ3v) is 12.9. The van der Waals surface area contributed by atoms with Gasteiger partial charge in [-0.1, -0.05) is 12.6 Å². The highest BCUT2D eigenvalue weighted by Gasteiger charge is 2.50. The molecular weight excluding hydrogens is 652 g/mol. The normalized spacial score (nSPS) is 21.2. The van der Waals surface area contributed by atoms with Crippen LogP contribution in [0.15, 0.2) is 37.1 Å². The number of hydrogen-bond acceptors (Lipinski definition) is 8. The zero-order valence-corrected chi connectivity index (χ0v) is 28.2. The van der Waals surface area contributed by atoms with Gasteiger partial charge in [0.1, 0.15) is 11.3 Å². The van der Waals surface area contributed by atoms with E-state index in [2.05, 4.69) is 32.6 Å². The van der Waals surface area contributed by atoms with E-state index in [1.165, 1.54) is 6.08 Å². The fourth-order valence-corrected chi connectivity index (χ4v) is 9.52. The highest BCUT2D eigenvalue weighted by Crippen LogP contribution is 2.54. The summed E-state index contributed by atoms with van der Waals surface area (Å²) >= 11 is 1.94. The van der Waals surface area contributed by atoms with Gasteiger partial charge in [-0.2, -0.15) is 35.0 Å². The summed E-state index contributed by atoms with van der Waals surface area (Å²) in [4.78, 5) is 28.8. The van der Waals surface area contributed by atoms with Crippen molar-refractivity contribution in [3.8, 4) is 16.9 Å². The first-order valence-electron chi connectivity index (χ1n) is 17.0. The number of piperidine rings is 1. The lowest BCUT2D eigenvalue weighted by Crippen LogP contribution is -2.63. The van der Waals surface area contributed by atoms with Gasteiger partial charge in [0, 0.05) is 77.9 Å². The van der Waals surface area contributed by atoms with Crippen molar-refractivity contribution < 1.29 is 22.7 Å². The molecule has 4 saturated heterocycles. The van der Waals surface area contributed by atoms with Crippen LogP contribution in [-0.4, -0.2) is 94.5 Å². The van der Waals surface area contributed by atoms with Crippen molar-refractivity contribution in [2.24, 2.45) is 10.8 Å². The summed E-state index contributed by atoms with van der Waals surface area (Å²) in [6, 6.07) is 6.06. The number of rotatable bonds is 7. The minimum atomic E-state index is -4.54. The summed E-state index contributed by atoms with van der Waals surface area (Å²) in [5.41, 5.74) is 4.97. The fourth-order valence-electron chi connectivity index (χ4n) is 8.37. The van der Waals surface area contributed by atoms with Crippen molar-refractivity contribution in [2.45, 2.75) is 44.7 Å². The first kappa shape index (κ1) is 31.0. The van der Waals surface area contributed by atoms with Gasteiger partial charge in [0.05, 0.1) is 11.7 Å². The Balaban J connectivity index is 1.21. The van der Waals surface area contributed by atoms with Crippen molar-refractivity contribution in [3.63, 3.8) is 0 Å². The first-order valence-corrected chi connectivity index (χ1v) is 18.2. The number of anilines is 2. The Kier molecular flexibility index (Phi) is 6.96. The number of benzene rings is 2. The van der Waals surface area contributed by atoms with Gasteiger partial charge in [-0.15, -0.1) is 0 Å². The Bertz CT molecular complexity index is 2000. The highest BCUT2D eigenvalue weighted by atomic mass is 32.2. The number of likely N-dealkylation sites (tertiary alicyclic amines) is 1. The second-order valence-corrected chi connectivity index (χ2v) is 15.9. The summed E-state index contributed by atoms with van der Waals surface area (Å²) in [7, 11) is 0. The number of amides is 1. The van der Waals surface area contributed by atoms with E-state index in [1.54, 1.807) is 6.20 Å². The topological polar surface area (TPSA) is 90.5 Å². The van der Waals surface area contributed by atoms with Crippen molar-refractivity contribution in [3.05, 3.63) is 48.2 Å². The molecule has 9 nitrogen and oxygen atoms in total. The van der Waals surface area contributed by atoms with Gasteiger partial charge in [-0.05, 0) is 73.4 Å². The van der Waals surface area contributed by atoms with Crippen molar-refractivity contribution >= 4 is 51.2 Å². The number of aryl methyl sites for hydroxylation is 1. The molecule has 5 aliphatic rings. The summed E-state index contributed by atoms with van der Waals surface area (Å²) < 4.78 is 47.9. The molecule has 2 aromatic carbocycles. The molecule has 6 heterocycles. The van der Waals surface area contributed by atoms with Crippen LogP contribution in [0.3, 0.4) is 0 Å². The molecule has 4 aromatic rings. The molecule has 5 fully saturated rings. The molecule has 0 radical (unpaired) electrons. The molecule has 1 saturated carbocycles. The lowest BCUT2D eigenvalue weighted by atomic mass is 9.72. The number of nitrogens with zero attached hydrogens (tertiary/aromatic N) is 6. The second kappa shape index (κ2) is 11.0. The lowest BCUT2D eigenvalue weighted by molar-refractivity contribution is -0.153. The van der Waals surface area contributed by atoms with E-state index in [9.17, 15) is 18.0 Å². The third-order valence-electron chi connectivity index (χ3n) is 11.2. The maximum Gasteiger partial charge on any atom is 0.422 e. The predicted molar refractivity (Wildman–Crippen MR) is 186 cm³/mol. The van der Waals surface area contributed by atoms with E-state index < -0.39 is 12.8 Å². The molecule has 9 rings (SSSR count).